The largest absolute Gasteiger partial charge is 0.389 e. The van der Waals surface area contributed by atoms with Gasteiger partial charge in [-0.05, 0) is 30.2 Å². The summed E-state index contributed by atoms with van der Waals surface area (Å²) in [5, 5.41) is 16.8. The first-order valence-corrected chi connectivity index (χ1v) is 6.31. The van der Waals surface area contributed by atoms with Crippen LogP contribution in [0.25, 0.3) is 0 Å². The highest BCUT2D eigenvalue weighted by atomic mass is 32.1. The van der Waals surface area contributed by atoms with Crippen LogP contribution in [0.2, 0.25) is 0 Å². The third-order valence-corrected chi connectivity index (χ3v) is 3.11. The molecule has 0 bridgehead atoms. The molecule has 1 fully saturated rings. The van der Waals surface area contributed by atoms with E-state index in [0.29, 0.717) is 13.2 Å². The van der Waals surface area contributed by atoms with Crippen LogP contribution in [-0.4, -0.2) is 31.0 Å². The Morgan fingerprint density at radius 2 is 2.47 bits per heavy atom. The van der Waals surface area contributed by atoms with Gasteiger partial charge in [0, 0.05) is 24.2 Å². The number of ether oxygens (including phenoxy) is 1. The lowest BCUT2D eigenvalue weighted by molar-refractivity contribution is 0.0386. The Balaban J connectivity index is 1.53. The lowest BCUT2D eigenvalue weighted by Crippen LogP contribution is -2.25. The van der Waals surface area contributed by atoms with Crippen molar-refractivity contribution in [1.82, 2.24) is 0 Å². The van der Waals surface area contributed by atoms with Gasteiger partial charge in [-0.2, -0.15) is 11.3 Å². The second-order valence-corrected chi connectivity index (χ2v) is 4.81. The molecule has 1 heterocycles. The molecule has 3 nitrogen and oxygen atoms in total. The summed E-state index contributed by atoms with van der Waals surface area (Å²) >= 11 is 1.65. The molecule has 4 heteroatoms. The molecule has 15 heavy (non-hydrogen) atoms. The van der Waals surface area contributed by atoms with Crippen LogP contribution in [0.1, 0.15) is 12.8 Å². The number of nitrogens with one attached hydrogen (secondary N) is 1. The van der Waals surface area contributed by atoms with Gasteiger partial charge in [-0.1, -0.05) is 0 Å². The molecule has 1 saturated carbocycles. The molecule has 1 aromatic heterocycles. The predicted molar refractivity (Wildman–Crippen MR) is 62.4 cm³/mol. The summed E-state index contributed by atoms with van der Waals surface area (Å²) in [6.45, 7) is 1.81. The van der Waals surface area contributed by atoms with Crippen molar-refractivity contribution in [2.24, 2.45) is 5.92 Å². The summed E-state index contributed by atoms with van der Waals surface area (Å²) in [6, 6.07) is 2.00. The smallest absolute Gasteiger partial charge is 0.0945 e. The number of hydrogen-bond donors (Lipinski definition) is 2. The molecule has 0 aromatic carbocycles. The van der Waals surface area contributed by atoms with Crippen LogP contribution in [0.5, 0.6) is 0 Å². The van der Waals surface area contributed by atoms with Crippen molar-refractivity contribution in [1.29, 1.82) is 0 Å². The van der Waals surface area contributed by atoms with E-state index in [4.69, 9.17) is 4.74 Å². The highest BCUT2D eigenvalue weighted by Gasteiger charge is 2.21. The van der Waals surface area contributed by atoms with Crippen molar-refractivity contribution in [3.05, 3.63) is 16.8 Å². The van der Waals surface area contributed by atoms with Crippen LogP contribution in [0, 0.1) is 5.92 Å². The van der Waals surface area contributed by atoms with Crippen molar-refractivity contribution in [3.8, 4) is 0 Å². The number of thiophene rings is 1. The third-order valence-electron chi connectivity index (χ3n) is 2.42. The Morgan fingerprint density at radius 1 is 1.60 bits per heavy atom. The second kappa shape index (κ2) is 5.49. The Hall–Kier alpha value is -0.580. The number of hydrogen-bond acceptors (Lipinski definition) is 4. The summed E-state index contributed by atoms with van der Waals surface area (Å²) in [5.74, 6) is 0.766. The molecule has 1 unspecified atom stereocenters. The number of aliphatic hydroxyl groups is 1. The van der Waals surface area contributed by atoms with Gasteiger partial charge in [0.1, 0.15) is 0 Å². The van der Waals surface area contributed by atoms with E-state index in [1.807, 2.05) is 16.8 Å². The fraction of sp³-hybridized carbons (Fsp3) is 0.636. The van der Waals surface area contributed by atoms with E-state index in [-0.39, 0.29) is 0 Å². The Labute approximate surface area is 94.1 Å². The van der Waals surface area contributed by atoms with E-state index < -0.39 is 6.10 Å². The van der Waals surface area contributed by atoms with Crippen LogP contribution in [0.15, 0.2) is 16.8 Å². The molecule has 2 rings (SSSR count). The standard InChI is InChI=1S/C11H17NO2S/c13-11(7-14-6-9-1-2-9)5-12-10-3-4-15-8-10/h3-4,8-9,11-13H,1-2,5-7H2. The second-order valence-electron chi connectivity index (χ2n) is 4.03. The van der Waals surface area contributed by atoms with E-state index in [9.17, 15) is 5.11 Å². The van der Waals surface area contributed by atoms with Gasteiger partial charge in [0.2, 0.25) is 0 Å². The predicted octanol–water partition coefficient (Wildman–Crippen LogP) is 1.95. The highest BCUT2D eigenvalue weighted by molar-refractivity contribution is 7.08. The van der Waals surface area contributed by atoms with Gasteiger partial charge in [-0.15, -0.1) is 0 Å². The molecule has 2 N–H and O–H groups in total. The van der Waals surface area contributed by atoms with Crippen molar-refractivity contribution in [3.63, 3.8) is 0 Å². The maximum Gasteiger partial charge on any atom is 0.0945 e. The Bertz CT molecular complexity index is 272. The molecule has 84 valence electrons. The van der Waals surface area contributed by atoms with E-state index >= 15 is 0 Å². The van der Waals surface area contributed by atoms with E-state index in [2.05, 4.69) is 5.32 Å². The third kappa shape index (κ3) is 4.20. The van der Waals surface area contributed by atoms with E-state index in [1.54, 1.807) is 11.3 Å². The maximum absolute atomic E-state index is 9.60. The lowest BCUT2D eigenvalue weighted by atomic mass is 10.3. The molecule has 1 aliphatic carbocycles. The minimum absolute atomic E-state index is 0.413. The molecule has 1 aliphatic rings. The van der Waals surface area contributed by atoms with Crippen LogP contribution < -0.4 is 5.32 Å². The quantitative estimate of drug-likeness (QED) is 0.748. The zero-order chi connectivity index (χ0) is 10.5. The molecule has 0 saturated heterocycles. The molecule has 0 amide bonds. The Morgan fingerprint density at radius 3 is 3.13 bits per heavy atom. The number of rotatable bonds is 7. The summed E-state index contributed by atoms with van der Waals surface area (Å²) in [6.07, 6.45) is 2.18. The van der Waals surface area contributed by atoms with Crippen LogP contribution in [-0.2, 0) is 4.74 Å². The summed E-state index contributed by atoms with van der Waals surface area (Å²) < 4.78 is 5.40. The normalized spacial score (nSPS) is 17.7. The lowest BCUT2D eigenvalue weighted by Gasteiger charge is -2.12. The van der Waals surface area contributed by atoms with Gasteiger partial charge in [0.15, 0.2) is 0 Å². The topological polar surface area (TPSA) is 41.5 Å². The summed E-state index contributed by atoms with van der Waals surface area (Å²) in [4.78, 5) is 0. The van der Waals surface area contributed by atoms with Crippen molar-refractivity contribution in [2.45, 2.75) is 18.9 Å². The van der Waals surface area contributed by atoms with Crippen LogP contribution >= 0.6 is 11.3 Å². The van der Waals surface area contributed by atoms with E-state index in [1.165, 1.54) is 12.8 Å². The molecule has 1 atom stereocenters. The van der Waals surface area contributed by atoms with Crippen LogP contribution in [0.3, 0.4) is 0 Å². The highest BCUT2D eigenvalue weighted by Crippen LogP contribution is 2.28. The van der Waals surface area contributed by atoms with Gasteiger partial charge < -0.3 is 15.2 Å². The zero-order valence-corrected chi connectivity index (χ0v) is 9.50. The molecule has 0 aliphatic heterocycles. The first-order chi connectivity index (χ1) is 7.34. The maximum atomic E-state index is 9.60. The van der Waals surface area contributed by atoms with Gasteiger partial charge in [-0.3, -0.25) is 0 Å². The average Bonchev–Trinajstić information content (AvgIpc) is 2.91. The molecule has 0 radical (unpaired) electrons. The van der Waals surface area contributed by atoms with Gasteiger partial charge in [0.05, 0.1) is 12.7 Å². The first-order valence-electron chi connectivity index (χ1n) is 5.36. The molecule has 1 aromatic rings. The van der Waals surface area contributed by atoms with Gasteiger partial charge in [0.25, 0.3) is 0 Å². The van der Waals surface area contributed by atoms with Gasteiger partial charge >= 0.3 is 0 Å². The Kier molecular flexibility index (Phi) is 4.00. The fourth-order valence-electron chi connectivity index (χ4n) is 1.31. The molecular weight excluding hydrogens is 210 g/mol. The number of anilines is 1. The molecular formula is C11H17NO2S. The minimum atomic E-state index is -0.413. The number of aliphatic hydroxyl groups excluding tert-OH is 1. The average molecular weight is 227 g/mol. The first kappa shape index (κ1) is 10.9. The minimum Gasteiger partial charge on any atom is -0.389 e. The van der Waals surface area contributed by atoms with Gasteiger partial charge in [-0.25, -0.2) is 0 Å². The summed E-state index contributed by atoms with van der Waals surface area (Å²) in [5.41, 5.74) is 1.07. The summed E-state index contributed by atoms with van der Waals surface area (Å²) in [7, 11) is 0. The van der Waals surface area contributed by atoms with Crippen molar-refractivity contribution < 1.29 is 9.84 Å². The van der Waals surface area contributed by atoms with Crippen molar-refractivity contribution in [2.75, 3.05) is 25.1 Å². The SMILES string of the molecule is OC(CNc1ccsc1)COCC1CC1. The van der Waals surface area contributed by atoms with Crippen molar-refractivity contribution >= 4 is 17.0 Å². The molecule has 0 spiro atoms. The zero-order valence-electron chi connectivity index (χ0n) is 8.69. The fourth-order valence-corrected chi connectivity index (χ4v) is 1.93. The van der Waals surface area contributed by atoms with Crippen LogP contribution in [0.4, 0.5) is 5.69 Å². The van der Waals surface area contributed by atoms with E-state index in [0.717, 1.165) is 18.2 Å². The monoisotopic (exact) mass is 227 g/mol.